The lowest BCUT2D eigenvalue weighted by Crippen LogP contribution is -2.50. The first kappa shape index (κ1) is 16.7. The zero-order chi connectivity index (χ0) is 18.6. The van der Waals surface area contributed by atoms with Crippen molar-refractivity contribution in [1.29, 1.82) is 0 Å². The van der Waals surface area contributed by atoms with Gasteiger partial charge in [0.05, 0.1) is 9.58 Å². The number of imide groups is 1. The Morgan fingerprint density at radius 2 is 1.85 bits per heavy atom. The van der Waals surface area contributed by atoms with Crippen LogP contribution in [0, 0.1) is 0 Å². The Bertz CT molecular complexity index is 1090. The van der Waals surface area contributed by atoms with Gasteiger partial charge < -0.3 is 5.32 Å². The molecule has 8 heteroatoms. The molecule has 2 aromatic heterocycles. The number of nitrogens with one attached hydrogen (secondary N) is 2. The van der Waals surface area contributed by atoms with Crippen LogP contribution in [-0.2, 0) is 4.79 Å². The molecule has 2 fully saturated rings. The molecular weight excluding hydrogens is 382 g/mol. The molecule has 0 radical (unpaired) electrons. The molecule has 0 atom stereocenters. The predicted octanol–water partition coefficient (Wildman–Crippen LogP) is 4.02. The Morgan fingerprint density at radius 1 is 1.07 bits per heavy atom. The van der Waals surface area contributed by atoms with E-state index in [2.05, 4.69) is 16.8 Å². The second-order valence-corrected chi connectivity index (χ2v) is 9.19. The first-order chi connectivity index (χ1) is 13.1. The highest BCUT2D eigenvalue weighted by atomic mass is 32.1. The smallest absolute Gasteiger partial charge is 0.322 e. The molecule has 1 saturated heterocycles. The number of hydrazine groups is 1. The summed E-state index contributed by atoms with van der Waals surface area (Å²) in [5, 5.41) is 4.78. The SMILES string of the molecule is O=C(NN1C(=O)NC2(CCCCC2)C1=O)c1cc2sc3ccccc3c2s1. The number of hydrogen-bond acceptors (Lipinski definition) is 5. The van der Waals surface area contributed by atoms with Crippen LogP contribution in [0.5, 0.6) is 0 Å². The number of nitrogens with zero attached hydrogens (tertiary/aromatic N) is 1. The predicted molar refractivity (Wildman–Crippen MR) is 106 cm³/mol. The van der Waals surface area contributed by atoms with E-state index in [4.69, 9.17) is 0 Å². The maximum atomic E-state index is 12.8. The highest BCUT2D eigenvalue weighted by molar-refractivity contribution is 7.33. The quantitative estimate of drug-likeness (QED) is 0.639. The second-order valence-electron chi connectivity index (χ2n) is 7.06. The molecule has 4 amide bonds. The fourth-order valence-electron chi connectivity index (χ4n) is 3.98. The van der Waals surface area contributed by atoms with Crippen LogP contribution in [-0.4, -0.2) is 28.4 Å². The number of fused-ring (bicyclic) bond motifs is 3. The van der Waals surface area contributed by atoms with Crippen molar-refractivity contribution in [2.45, 2.75) is 37.6 Å². The van der Waals surface area contributed by atoms with Crippen LogP contribution in [0.1, 0.15) is 41.8 Å². The maximum absolute atomic E-state index is 12.8. The van der Waals surface area contributed by atoms with E-state index in [9.17, 15) is 14.4 Å². The van der Waals surface area contributed by atoms with Gasteiger partial charge in [0.1, 0.15) is 5.54 Å². The van der Waals surface area contributed by atoms with E-state index in [0.717, 1.165) is 39.1 Å². The summed E-state index contributed by atoms with van der Waals surface area (Å²) in [6.07, 6.45) is 4.14. The Kier molecular flexibility index (Phi) is 3.73. The van der Waals surface area contributed by atoms with Crippen molar-refractivity contribution in [2.75, 3.05) is 0 Å². The molecule has 0 bridgehead atoms. The van der Waals surface area contributed by atoms with Gasteiger partial charge in [-0.05, 0) is 25.0 Å². The van der Waals surface area contributed by atoms with Gasteiger partial charge in [-0.1, -0.05) is 37.5 Å². The summed E-state index contributed by atoms with van der Waals surface area (Å²) < 4.78 is 3.27. The van der Waals surface area contributed by atoms with Crippen LogP contribution in [0.2, 0.25) is 0 Å². The van der Waals surface area contributed by atoms with Crippen molar-refractivity contribution in [3.05, 3.63) is 35.2 Å². The van der Waals surface area contributed by atoms with Crippen LogP contribution < -0.4 is 10.7 Å². The van der Waals surface area contributed by atoms with E-state index in [1.807, 2.05) is 24.3 Å². The summed E-state index contributed by atoms with van der Waals surface area (Å²) in [7, 11) is 0. The third kappa shape index (κ3) is 2.55. The number of hydrogen-bond donors (Lipinski definition) is 2. The summed E-state index contributed by atoms with van der Waals surface area (Å²) in [5.74, 6) is -0.770. The number of carbonyl (C=O) groups excluding carboxylic acids is 3. The van der Waals surface area contributed by atoms with E-state index in [0.29, 0.717) is 17.7 Å². The largest absolute Gasteiger partial charge is 0.344 e. The molecule has 1 saturated carbocycles. The van der Waals surface area contributed by atoms with Crippen LogP contribution >= 0.6 is 22.7 Å². The Balaban J connectivity index is 1.41. The summed E-state index contributed by atoms with van der Waals surface area (Å²) in [6, 6.07) is 9.35. The summed E-state index contributed by atoms with van der Waals surface area (Å²) in [5.41, 5.74) is 1.67. The zero-order valence-corrected chi connectivity index (χ0v) is 16.0. The van der Waals surface area contributed by atoms with Gasteiger partial charge in [0.25, 0.3) is 11.8 Å². The molecule has 27 heavy (non-hydrogen) atoms. The van der Waals surface area contributed by atoms with E-state index in [1.54, 1.807) is 11.3 Å². The minimum Gasteiger partial charge on any atom is -0.322 e. The molecule has 1 aromatic carbocycles. The molecule has 1 aliphatic heterocycles. The maximum Gasteiger partial charge on any atom is 0.344 e. The molecular formula is C19H17N3O3S2. The Morgan fingerprint density at radius 3 is 2.67 bits per heavy atom. The highest BCUT2D eigenvalue weighted by Crippen LogP contribution is 2.39. The number of amides is 4. The summed E-state index contributed by atoms with van der Waals surface area (Å²) in [6.45, 7) is 0. The lowest BCUT2D eigenvalue weighted by atomic mass is 9.82. The summed E-state index contributed by atoms with van der Waals surface area (Å²) >= 11 is 3.02. The zero-order valence-electron chi connectivity index (χ0n) is 14.4. The second kappa shape index (κ2) is 6.03. The van der Waals surface area contributed by atoms with Crippen molar-refractivity contribution < 1.29 is 14.4 Å². The van der Waals surface area contributed by atoms with Gasteiger partial charge in [-0.3, -0.25) is 15.0 Å². The van der Waals surface area contributed by atoms with E-state index in [-0.39, 0.29) is 5.91 Å². The summed E-state index contributed by atoms with van der Waals surface area (Å²) in [4.78, 5) is 38.3. The molecule has 3 aromatic rings. The Hall–Kier alpha value is -2.45. The molecule has 5 rings (SSSR count). The van der Waals surface area contributed by atoms with Crippen molar-refractivity contribution >= 4 is 60.0 Å². The number of rotatable bonds is 2. The lowest BCUT2D eigenvalue weighted by molar-refractivity contribution is -0.134. The van der Waals surface area contributed by atoms with Gasteiger partial charge in [0, 0.05) is 14.8 Å². The number of carbonyl (C=O) groups is 3. The van der Waals surface area contributed by atoms with Crippen LogP contribution in [0.3, 0.4) is 0 Å². The van der Waals surface area contributed by atoms with Crippen molar-refractivity contribution in [3.63, 3.8) is 0 Å². The topological polar surface area (TPSA) is 78.5 Å². The number of thiophene rings is 2. The van der Waals surface area contributed by atoms with Crippen molar-refractivity contribution in [2.24, 2.45) is 0 Å². The first-order valence-corrected chi connectivity index (χ1v) is 10.6. The molecule has 0 unspecified atom stereocenters. The molecule has 1 aliphatic carbocycles. The molecule has 2 aliphatic rings. The third-order valence-corrected chi connectivity index (χ3v) is 7.77. The fourth-order valence-corrected chi connectivity index (χ4v) is 6.40. The monoisotopic (exact) mass is 399 g/mol. The van der Waals surface area contributed by atoms with Gasteiger partial charge in [-0.2, -0.15) is 5.01 Å². The highest BCUT2D eigenvalue weighted by Gasteiger charge is 2.52. The van der Waals surface area contributed by atoms with Gasteiger partial charge >= 0.3 is 6.03 Å². The molecule has 6 nitrogen and oxygen atoms in total. The molecule has 138 valence electrons. The van der Waals surface area contributed by atoms with Crippen molar-refractivity contribution in [3.8, 4) is 0 Å². The first-order valence-electron chi connectivity index (χ1n) is 8.96. The average Bonchev–Trinajstić information content (AvgIpc) is 3.29. The normalized spacial score (nSPS) is 19.2. The molecule has 1 spiro atoms. The van der Waals surface area contributed by atoms with E-state index in [1.165, 1.54) is 16.0 Å². The van der Waals surface area contributed by atoms with Gasteiger partial charge in [0.2, 0.25) is 0 Å². The lowest BCUT2D eigenvalue weighted by Gasteiger charge is -2.30. The third-order valence-electron chi connectivity index (χ3n) is 5.36. The van der Waals surface area contributed by atoms with E-state index >= 15 is 0 Å². The minimum absolute atomic E-state index is 0.343. The van der Waals surface area contributed by atoms with E-state index < -0.39 is 17.5 Å². The van der Waals surface area contributed by atoms with Crippen molar-refractivity contribution in [1.82, 2.24) is 15.8 Å². The van der Waals surface area contributed by atoms with Crippen LogP contribution in [0.4, 0.5) is 4.79 Å². The fraction of sp³-hybridized carbons (Fsp3) is 0.316. The van der Waals surface area contributed by atoms with Crippen LogP contribution in [0.25, 0.3) is 19.5 Å². The van der Waals surface area contributed by atoms with Gasteiger partial charge in [0.15, 0.2) is 0 Å². The van der Waals surface area contributed by atoms with Crippen LogP contribution in [0.15, 0.2) is 30.3 Å². The molecule has 2 N–H and O–H groups in total. The Labute approximate surface area is 163 Å². The minimum atomic E-state index is -0.839. The molecule has 3 heterocycles. The number of benzene rings is 1. The standard InChI is InChI=1S/C19H17N3O3S2/c23-16(14-10-13-15(27-14)11-6-2-3-7-12(11)26-13)21-22-17(24)19(20-18(22)25)8-4-1-5-9-19/h2-3,6-7,10H,1,4-5,8-9H2,(H,20,25)(H,21,23). The average molecular weight is 399 g/mol. The number of urea groups is 1. The van der Waals surface area contributed by atoms with Gasteiger partial charge in [-0.15, -0.1) is 22.7 Å². The van der Waals surface area contributed by atoms with Gasteiger partial charge in [-0.25, -0.2) is 4.79 Å².